The number of alkyl carbamates (subject to hydrolysis) is 1. The van der Waals surface area contributed by atoms with Gasteiger partial charge in [0.2, 0.25) is 5.91 Å². The van der Waals surface area contributed by atoms with E-state index in [4.69, 9.17) is 14.2 Å². The molecule has 0 aromatic heterocycles. The number of nitrogens with one attached hydrogen (secondary N) is 3. The molecular weight excluding hydrogens is 729 g/mol. The molecule has 1 saturated heterocycles. The standard InChI is InChI=1S/C36H48F5N3O8S/c1-4-8-29(9-5-2)53(48,49)22-31(44-35(47)51-28-12-13-50-21-28)33(45)43-30(17-25-15-26(37)18-27(38)16-25)32(52-34(46)36(39,40)41)20-42-19-24-11-7-10-23(6-3)14-24/h7,10-11,14-16,18,28-32,42H,4-6,8-9,12-13,17,19-22H2,1-3H3,(H,43,45)(H,44,47)/t28-,30+,31-,32-/m1/s1. The summed E-state index contributed by atoms with van der Waals surface area (Å²) in [7, 11) is -4.08. The van der Waals surface area contributed by atoms with Crippen molar-refractivity contribution in [3.05, 3.63) is 70.8 Å². The fourth-order valence-electron chi connectivity index (χ4n) is 5.96. The fourth-order valence-corrected chi connectivity index (χ4v) is 8.12. The molecule has 0 saturated carbocycles. The Kier molecular flexibility index (Phi) is 16.9. The molecule has 17 heteroatoms. The van der Waals surface area contributed by atoms with E-state index < -0.39 is 93.9 Å². The highest BCUT2D eigenvalue weighted by molar-refractivity contribution is 7.92. The van der Waals surface area contributed by atoms with E-state index in [2.05, 4.69) is 16.0 Å². The highest BCUT2D eigenvalue weighted by atomic mass is 32.2. The number of amides is 2. The van der Waals surface area contributed by atoms with Gasteiger partial charge in [-0.25, -0.2) is 26.8 Å². The van der Waals surface area contributed by atoms with E-state index in [1.54, 1.807) is 26.0 Å². The average Bonchev–Trinajstić information content (AvgIpc) is 3.59. The van der Waals surface area contributed by atoms with Crippen molar-refractivity contribution in [3.8, 4) is 0 Å². The van der Waals surface area contributed by atoms with Crippen LogP contribution in [0.5, 0.6) is 0 Å². The lowest BCUT2D eigenvalue weighted by atomic mass is 9.99. The normalized spacial score (nSPS) is 16.5. The summed E-state index contributed by atoms with van der Waals surface area (Å²) in [5, 5.41) is 6.75. The summed E-state index contributed by atoms with van der Waals surface area (Å²) >= 11 is 0. The summed E-state index contributed by atoms with van der Waals surface area (Å²) in [5.74, 6) is -6.72. The molecule has 3 N–H and O–H groups in total. The Balaban J connectivity index is 2.00. The van der Waals surface area contributed by atoms with E-state index in [-0.39, 0.29) is 31.6 Å². The first-order valence-electron chi connectivity index (χ1n) is 17.6. The topological polar surface area (TPSA) is 149 Å². The molecule has 1 aliphatic heterocycles. The van der Waals surface area contributed by atoms with Crippen molar-refractivity contribution >= 4 is 27.8 Å². The molecule has 0 spiro atoms. The number of hydrogen-bond donors (Lipinski definition) is 3. The van der Waals surface area contributed by atoms with Gasteiger partial charge in [0.15, 0.2) is 9.84 Å². The predicted octanol–water partition coefficient (Wildman–Crippen LogP) is 5.09. The predicted molar refractivity (Wildman–Crippen MR) is 185 cm³/mol. The van der Waals surface area contributed by atoms with Crippen LogP contribution in [0.25, 0.3) is 0 Å². The van der Waals surface area contributed by atoms with Gasteiger partial charge in [0.05, 0.1) is 30.3 Å². The van der Waals surface area contributed by atoms with Crippen LogP contribution in [0.4, 0.5) is 26.7 Å². The summed E-state index contributed by atoms with van der Waals surface area (Å²) in [4.78, 5) is 39.2. The maximum absolute atomic E-state index is 14.3. The third-order valence-corrected chi connectivity index (χ3v) is 10.9. The minimum atomic E-state index is -5.45. The Bertz CT molecular complexity index is 1600. The minimum Gasteiger partial charge on any atom is -0.452 e. The molecule has 1 fully saturated rings. The molecule has 11 nitrogen and oxygen atoms in total. The van der Waals surface area contributed by atoms with Crippen LogP contribution in [0.2, 0.25) is 0 Å². The molecule has 53 heavy (non-hydrogen) atoms. The van der Waals surface area contributed by atoms with Crippen molar-refractivity contribution in [2.24, 2.45) is 0 Å². The third kappa shape index (κ3) is 14.5. The molecule has 1 heterocycles. The van der Waals surface area contributed by atoms with Crippen LogP contribution in [0.15, 0.2) is 42.5 Å². The number of ether oxygens (including phenoxy) is 3. The van der Waals surface area contributed by atoms with Gasteiger partial charge >= 0.3 is 18.2 Å². The number of alkyl halides is 3. The SMILES string of the molecule is CCCC(CCC)S(=O)(=O)C[C@@H](NC(=O)O[C@@H]1CCOC1)C(=O)N[C@@H](Cc1cc(F)cc(F)c1)[C@@H](CNCc1cccc(CC)c1)OC(=O)C(F)(F)F. The number of hydrogen-bond acceptors (Lipinski definition) is 9. The van der Waals surface area contributed by atoms with Crippen molar-refractivity contribution in [1.82, 2.24) is 16.0 Å². The molecule has 2 amide bonds. The number of benzene rings is 2. The van der Waals surface area contributed by atoms with Crippen LogP contribution < -0.4 is 16.0 Å². The van der Waals surface area contributed by atoms with Gasteiger partial charge in [-0.05, 0) is 54.5 Å². The molecule has 2 aromatic rings. The fraction of sp³-hybridized carbons (Fsp3) is 0.583. The number of carbonyl (C=O) groups excluding carboxylic acids is 3. The number of sulfone groups is 1. The Morgan fingerprint density at radius 2 is 1.60 bits per heavy atom. The molecule has 0 unspecified atom stereocenters. The van der Waals surface area contributed by atoms with Crippen molar-refractivity contribution in [1.29, 1.82) is 0 Å². The van der Waals surface area contributed by atoms with Gasteiger partial charge < -0.3 is 30.2 Å². The average molecular weight is 778 g/mol. The van der Waals surface area contributed by atoms with Gasteiger partial charge in [-0.1, -0.05) is 57.9 Å². The van der Waals surface area contributed by atoms with E-state index in [0.29, 0.717) is 38.4 Å². The van der Waals surface area contributed by atoms with Crippen molar-refractivity contribution < 1.29 is 59.0 Å². The first-order valence-corrected chi connectivity index (χ1v) is 19.3. The van der Waals surface area contributed by atoms with Crippen LogP contribution in [0.3, 0.4) is 0 Å². The van der Waals surface area contributed by atoms with Crippen LogP contribution in [0.1, 0.15) is 69.6 Å². The van der Waals surface area contributed by atoms with Crippen LogP contribution in [0, 0.1) is 11.6 Å². The quantitative estimate of drug-likeness (QED) is 0.124. The number of carbonyl (C=O) groups is 3. The number of aryl methyl sites for hydroxylation is 1. The first-order chi connectivity index (χ1) is 25.0. The van der Waals surface area contributed by atoms with Gasteiger partial charge in [0.1, 0.15) is 29.9 Å². The smallest absolute Gasteiger partial charge is 0.452 e. The molecule has 1 aliphatic rings. The Morgan fingerprint density at radius 1 is 0.943 bits per heavy atom. The molecule has 2 aromatic carbocycles. The van der Waals surface area contributed by atoms with Crippen molar-refractivity contribution in [2.75, 3.05) is 25.5 Å². The molecule has 0 radical (unpaired) electrons. The molecular formula is C36H48F5N3O8S. The van der Waals surface area contributed by atoms with Crippen LogP contribution >= 0.6 is 0 Å². The van der Waals surface area contributed by atoms with Crippen molar-refractivity contribution in [3.63, 3.8) is 0 Å². The minimum absolute atomic E-state index is 0.0753. The first kappa shape index (κ1) is 43.6. The maximum Gasteiger partial charge on any atom is 0.490 e. The Labute approximate surface area is 306 Å². The molecule has 0 bridgehead atoms. The summed E-state index contributed by atoms with van der Waals surface area (Å²) in [5.41, 5.74) is 1.60. The summed E-state index contributed by atoms with van der Waals surface area (Å²) in [6.07, 6.45) is -7.04. The zero-order valence-electron chi connectivity index (χ0n) is 30.0. The number of esters is 1. The monoisotopic (exact) mass is 777 g/mol. The molecule has 296 valence electrons. The highest BCUT2D eigenvalue weighted by Crippen LogP contribution is 2.22. The molecule has 3 rings (SSSR count). The maximum atomic E-state index is 14.3. The van der Waals surface area contributed by atoms with Gasteiger partial charge in [-0.2, -0.15) is 13.2 Å². The summed E-state index contributed by atoms with van der Waals surface area (Å²) < 4.78 is 112. The van der Waals surface area contributed by atoms with Crippen molar-refractivity contribution in [2.45, 2.75) is 108 Å². The summed E-state index contributed by atoms with van der Waals surface area (Å²) in [6.45, 7) is 5.51. The lowest BCUT2D eigenvalue weighted by Gasteiger charge is -2.31. The van der Waals surface area contributed by atoms with Gasteiger partial charge in [-0.3, -0.25) is 4.79 Å². The Hall–Kier alpha value is -3.83. The lowest BCUT2D eigenvalue weighted by Crippen LogP contribution is -2.58. The van der Waals surface area contributed by atoms with Gasteiger partial charge in [-0.15, -0.1) is 0 Å². The molecule has 0 aliphatic carbocycles. The Morgan fingerprint density at radius 3 is 2.19 bits per heavy atom. The largest absolute Gasteiger partial charge is 0.490 e. The van der Waals surface area contributed by atoms with E-state index in [1.165, 1.54) is 0 Å². The second kappa shape index (κ2) is 20.6. The second-order valence-electron chi connectivity index (χ2n) is 13.0. The number of halogens is 5. The van der Waals surface area contributed by atoms with Gasteiger partial charge in [0.25, 0.3) is 0 Å². The second-order valence-corrected chi connectivity index (χ2v) is 15.3. The highest BCUT2D eigenvalue weighted by Gasteiger charge is 2.44. The number of rotatable bonds is 20. The zero-order chi connectivity index (χ0) is 39.2. The van der Waals surface area contributed by atoms with Crippen LogP contribution in [-0.4, -0.2) is 87.6 Å². The van der Waals surface area contributed by atoms with E-state index in [0.717, 1.165) is 23.3 Å². The van der Waals surface area contributed by atoms with E-state index in [9.17, 15) is 44.8 Å². The van der Waals surface area contributed by atoms with Crippen LogP contribution in [-0.2, 0) is 53.0 Å². The van der Waals surface area contributed by atoms with E-state index >= 15 is 0 Å². The van der Waals surface area contributed by atoms with Gasteiger partial charge in [0, 0.05) is 25.6 Å². The molecule has 4 atom stereocenters. The third-order valence-electron chi connectivity index (χ3n) is 8.62. The zero-order valence-corrected chi connectivity index (χ0v) is 30.8. The summed E-state index contributed by atoms with van der Waals surface area (Å²) in [6, 6.07) is 6.17. The lowest BCUT2D eigenvalue weighted by molar-refractivity contribution is -0.206. The van der Waals surface area contributed by atoms with E-state index in [1.807, 2.05) is 19.1 Å².